The van der Waals surface area contributed by atoms with E-state index in [9.17, 15) is 9.90 Å². The Morgan fingerprint density at radius 2 is 1.95 bits per heavy atom. The predicted octanol–water partition coefficient (Wildman–Crippen LogP) is 3.43. The third kappa shape index (κ3) is 3.21. The second-order valence-corrected chi connectivity index (χ2v) is 5.87. The van der Waals surface area contributed by atoms with Crippen LogP contribution >= 0.6 is 15.9 Å². The number of ether oxygens (including phenoxy) is 2. The molecule has 19 heavy (non-hydrogen) atoms. The first-order valence-electron chi connectivity index (χ1n) is 5.88. The first kappa shape index (κ1) is 15.8. The molecular formula is C14H19BrO4. The lowest BCUT2D eigenvalue weighted by atomic mass is 9.85. The van der Waals surface area contributed by atoms with Crippen molar-refractivity contribution in [1.82, 2.24) is 0 Å². The molecule has 0 aliphatic carbocycles. The van der Waals surface area contributed by atoms with Crippen molar-refractivity contribution in [3.8, 4) is 11.5 Å². The van der Waals surface area contributed by atoms with E-state index in [1.807, 2.05) is 13.0 Å². The number of methoxy groups -OCH3 is 2. The van der Waals surface area contributed by atoms with Gasteiger partial charge in [-0.1, -0.05) is 0 Å². The van der Waals surface area contributed by atoms with Gasteiger partial charge in [0.25, 0.3) is 0 Å². The lowest BCUT2D eigenvalue weighted by Crippen LogP contribution is -2.26. The van der Waals surface area contributed by atoms with Crippen LogP contribution in [0.1, 0.15) is 25.0 Å². The van der Waals surface area contributed by atoms with Crippen LogP contribution in [0.25, 0.3) is 0 Å². The summed E-state index contributed by atoms with van der Waals surface area (Å²) in [6.45, 7) is 5.29. The molecule has 0 bridgehead atoms. The SMILES string of the molecule is COc1cc(CC(C)(C)C(=O)O)c(OC)c(Br)c1C. The van der Waals surface area contributed by atoms with Gasteiger partial charge in [-0.3, -0.25) is 4.79 Å². The van der Waals surface area contributed by atoms with Crippen LogP contribution in [0.4, 0.5) is 0 Å². The highest BCUT2D eigenvalue weighted by Gasteiger charge is 2.30. The van der Waals surface area contributed by atoms with E-state index in [1.165, 1.54) is 0 Å². The Kier molecular flexibility index (Phi) is 4.85. The summed E-state index contributed by atoms with van der Waals surface area (Å²) in [5, 5.41) is 9.23. The van der Waals surface area contributed by atoms with Gasteiger partial charge < -0.3 is 14.6 Å². The Morgan fingerprint density at radius 3 is 2.37 bits per heavy atom. The summed E-state index contributed by atoms with van der Waals surface area (Å²) >= 11 is 3.48. The number of benzene rings is 1. The number of hydrogen-bond donors (Lipinski definition) is 1. The van der Waals surface area contributed by atoms with Crippen LogP contribution in [0.2, 0.25) is 0 Å². The van der Waals surface area contributed by atoms with Crippen molar-refractivity contribution in [2.75, 3.05) is 14.2 Å². The highest BCUT2D eigenvalue weighted by Crippen LogP contribution is 2.40. The van der Waals surface area contributed by atoms with Crippen LogP contribution < -0.4 is 9.47 Å². The van der Waals surface area contributed by atoms with Crippen LogP contribution in [0.15, 0.2) is 10.5 Å². The molecule has 0 aliphatic rings. The molecule has 106 valence electrons. The van der Waals surface area contributed by atoms with Gasteiger partial charge in [-0.15, -0.1) is 0 Å². The van der Waals surface area contributed by atoms with Crippen molar-refractivity contribution >= 4 is 21.9 Å². The molecule has 0 fully saturated rings. The van der Waals surface area contributed by atoms with Gasteiger partial charge in [-0.2, -0.15) is 0 Å². The molecule has 0 saturated carbocycles. The standard InChI is InChI=1S/C14H19BrO4/c1-8-10(18-4)6-9(12(19-5)11(8)15)7-14(2,3)13(16)17/h6H,7H2,1-5H3,(H,16,17). The van der Waals surface area contributed by atoms with Crippen molar-refractivity contribution < 1.29 is 19.4 Å². The maximum atomic E-state index is 11.2. The van der Waals surface area contributed by atoms with E-state index in [4.69, 9.17) is 9.47 Å². The zero-order chi connectivity index (χ0) is 14.8. The Labute approximate surface area is 121 Å². The van der Waals surface area contributed by atoms with Gasteiger partial charge in [-0.05, 0) is 49.2 Å². The largest absolute Gasteiger partial charge is 0.496 e. The van der Waals surface area contributed by atoms with E-state index in [0.717, 1.165) is 15.6 Å². The minimum Gasteiger partial charge on any atom is -0.496 e. The molecular weight excluding hydrogens is 312 g/mol. The number of halogens is 1. The molecule has 0 atom stereocenters. The van der Waals surface area contributed by atoms with Gasteiger partial charge in [0.15, 0.2) is 0 Å². The van der Waals surface area contributed by atoms with Gasteiger partial charge in [-0.25, -0.2) is 0 Å². The molecule has 1 rings (SSSR count). The monoisotopic (exact) mass is 330 g/mol. The van der Waals surface area contributed by atoms with Gasteiger partial charge in [0.1, 0.15) is 11.5 Å². The van der Waals surface area contributed by atoms with Crippen LogP contribution in [-0.4, -0.2) is 25.3 Å². The van der Waals surface area contributed by atoms with E-state index in [0.29, 0.717) is 17.9 Å². The van der Waals surface area contributed by atoms with E-state index < -0.39 is 11.4 Å². The van der Waals surface area contributed by atoms with Crippen LogP contribution in [0, 0.1) is 12.3 Å². The fourth-order valence-corrected chi connectivity index (χ4v) is 2.48. The van der Waals surface area contributed by atoms with E-state index in [2.05, 4.69) is 15.9 Å². The summed E-state index contributed by atoms with van der Waals surface area (Å²) in [5.74, 6) is 0.529. The van der Waals surface area contributed by atoms with Gasteiger partial charge in [0.05, 0.1) is 24.1 Å². The average molecular weight is 331 g/mol. The molecule has 1 aromatic carbocycles. The smallest absolute Gasteiger partial charge is 0.309 e. The minimum atomic E-state index is -0.868. The third-order valence-corrected chi connectivity index (χ3v) is 4.09. The molecule has 0 heterocycles. The molecule has 0 aliphatic heterocycles. The molecule has 5 heteroatoms. The molecule has 0 amide bonds. The fourth-order valence-electron chi connectivity index (χ4n) is 1.87. The number of hydrogen-bond acceptors (Lipinski definition) is 3. The molecule has 1 aromatic rings. The van der Waals surface area contributed by atoms with Crippen molar-refractivity contribution in [3.63, 3.8) is 0 Å². The Morgan fingerprint density at radius 1 is 1.37 bits per heavy atom. The first-order chi connectivity index (χ1) is 8.74. The maximum Gasteiger partial charge on any atom is 0.309 e. The van der Waals surface area contributed by atoms with Gasteiger partial charge in [0, 0.05) is 11.1 Å². The molecule has 4 nitrogen and oxygen atoms in total. The maximum absolute atomic E-state index is 11.2. The minimum absolute atomic E-state index is 0.362. The molecule has 0 aromatic heterocycles. The van der Waals surface area contributed by atoms with Crippen LogP contribution in [0.5, 0.6) is 11.5 Å². The second-order valence-electron chi connectivity index (χ2n) is 5.08. The number of carboxylic acid groups (broad SMARTS) is 1. The van der Waals surface area contributed by atoms with E-state index in [-0.39, 0.29) is 0 Å². The van der Waals surface area contributed by atoms with Crippen molar-refractivity contribution in [3.05, 3.63) is 21.7 Å². The molecule has 0 spiro atoms. The summed E-state index contributed by atoms with van der Waals surface area (Å²) in [7, 11) is 3.16. The van der Waals surface area contributed by atoms with E-state index >= 15 is 0 Å². The molecule has 0 radical (unpaired) electrons. The number of rotatable bonds is 5. The fraction of sp³-hybridized carbons (Fsp3) is 0.500. The second kappa shape index (κ2) is 5.82. The van der Waals surface area contributed by atoms with Crippen LogP contribution in [-0.2, 0) is 11.2 Å². The molecule has 0 saturated heterocycles. The zero-order valence-corrected chi connectivity index (χ0v) is 13.4. The normalized spacial score (nSPS) is 11.3. The lowest BCUT2D eigenvalue weighted by molar-refractivity contribution is -0.146. The van der Waals surface area contributed by atoms with Gasteiger partial charge >= 0.3 is 5.97 Å². The van der Waals surface area contributed by atoms with Gasteiger partial charge in [0.2, 0.25) is 0 Å². The van der Waals surface area contributed by atoms with Crippen molar-refractivity contribution in [2.45, 2.75) is 27.2 Å². The highest BCUT2D eigenvalue weighted by molar-refractivity contribution is 9.10. The Bertz CT molecular complexity index is 495. The van der Waals surface area contributed by atoms with Crippen molar-refractivity contribution in [2.24, 2.45) is 5.41 Å². The number of carboxylic acids is 1. The summed E-state index contributed by atoms with van der Waals surface area (Å²) in [4.78, 5) is 11.2. The lowest BCUT2D eigenvalue weighted by Gasteiger charge is -2.22. The predicted molar refractivity (Wildman–Crippen MR) is 77.1 cm³/mol. The number of aliphatic carboxylic acids is 1. The van der Waals surface area contributed by atoms with Crippen molar-refractivity contribution in [1.29, 1.82) is 0 Å². The number of carbonyl (C=O) groups is 1. The quantitative estimate of drug-likeness (QED) is 0.898. The van der Waals surface area contributed by atoms with Crippen LogP contribution in [0.3, 0.4) is 0 Å². The highest BCUT2D eigenvalue weighted by atomic mass is 79.9. The Balaban J connectivity index is 3.34. The summed E-state index contributed by atoms with van der Waals surface area (Å²) in [5.41, 5.74) is 0.868. The topological polar surface area (TPSA) is 55.8 Å². The summed E-state index contributed by atoms with van der Waals surface area (Å²) < 4.78 is 11.5. The first-order valence-corrected chi connectivity index (χ1v) is 6.67. The van der Waals surface area contributed by atoms with E-state index in [1.54, 1.807) is 28.1 Å². The summed E-state index contributed by atoms with van der Waals surface area (Å²) in [6.07, 6.45) is 0.362. The zero-order valence-electron chi connectivity index (χ0n) is 11.8. The third-order valence-electron chi connectivity index (χ3n) is 3.13. The Hall–Kier alpha value is -1.23. The summed E-state index contributed by atoms with van der Waals surface area (Å²) in [6, 6.07) is 1.84. The average Bonchev–Trinajstić information content (AvgIpc) is 2.33. The molecule has 0 unspecified atom stereocenters. The molecule has 1 N–H and O–H groups in total.